The Kier molecular flexibility index (Phi) is 3.17. The second-order valence-corrected chi connectivity index (χ2v) is 2.83. The molecule has 0 fully saturated rings. The van der Waals surface area contributed by atoms with E-state index < -0.39 is 14.5 Å². The number of hydrogen-bond donors (Lipinski definition) is 2. The highest BCUT2D eigenvalue weighted by Crippen LogP contribution is 2.21. The van der Waals surface area contributed by atoms with Crippen molar-refractivity contribution >= 4 is 14.5 Å². The molecule has 0 aliphatic rings. The van der Waals surface area contributed by atoms with Crippen LogP contribution in [0.15, 0.2) is 30.3 Å². The third-order valence-corrected chi connectivity index (χ3v) is 1.54. The Morgan fingerprint density at radius 1 is 1.42 bits per heavy atom. The van der Waals surface area contributed by atoms with Gasteiger partial charge in [-0.1, -0.05) is 18.2 Å². The minimum absolute atomic E-state index is 0.379. The Morgan fingerprint density at radius 2 is 2.00 bits per heavy atom. The first-order chi connectivity index (χ1) is 5.70. The number of nitrogens with two attached hydrogens (primary N) is 1. The molecule has 0 aliphatic carbocycles. The molecule has 1 aromatic rings. The molecule has 64 valence electrons. The average Bonchev–Trinajstić information content (AvgIpc) is 2.05. The minimum Gasteiger partial charge on any atom is -0.400 e. The average molecular weight is 185 g/mol. The molecule has 12 heavy (non-hydrogen) atoms. The molecule has 0 radical (unpaired) electrons. The van der Waals surface area contributed by atoms with Crippen LogP contribution in [0.3, 0.4) is 0 Å². The highest BCUT2D eigenvalue weighted by atomic mass is 31.2. The molecular formula is C7H8NO3P. The molecule has 0 aliphatic heterocycles. The van der Waals surface area contributed by atoms with Crippen molar-refractivity contribution in [2.45, 2.75) is 0 Å². The van der Waals surface area contributed by atoms with Crippen LogP contribution >= 0.6 is 8.53 Å². The van der Waals surface area contributed by atoms with Gasteiger partial charge in [-0.25, -0.2) is 4.79 Å². The fourth-order valence-electron chi connectivity index (χ4n) is 0.712. The predicted molar refractivity (Wildman–Crippen MR) is 45.2 cm³/mol. The molecule has 1 unspecified atom stereocenters. The van der Waals surface area contributed by atoms with E-state index in [0.717, 1.165) is 0 Å². The number of benzene rings is 1. The smallest absolute Gasteiger partial charge is 0.343 e. The predicted octanol–water partition coefficient (Wildman–Crippen LogP) is 1.02. The maximum Gasteiger partial charge on any atom is 0.343 e. The summed E-state index contributed by atoms with van der Waals surface area (Å²) in [7, 11) is -2.11. The Balaban J connectivity index is 2.66. The molecule has 1 aromatic carbocycles. The van der Waals surface area contributed by atoms with Crippen molar-refractivity contribution in [1.29, 1.82) is 0 Å². The SMILES string of the molecule is NP(O)OC(=O)c1ccccc1. The van der Waals surface area contributed by atoms with Crippen molar-refractivity contribution in [2.24, 2.45) is 5.50 Å². The molecule has 5 heteroatoms. The summed E-state index contributed by atoms with van der Waals surface area (Å²) in [6.07, 6.45) is 0. The number of carbonyl (C=O) groups excluding carboxylic acids is 1. The second-order valence-electron chi connectivity index (χ2n) is 2.05. The molecular weight excluding hydrogens is 177 g/mol. The van der Waals surface area contributed by atoms with Gasteiger partial charge < -0.3 is 9.42 Å². The van der Waals surface area contributed by atoms with Crippen molar-refractivity contribution in [3.63, 3.8) is 0 Å². The standard InChI is InChI=1S/C7H8NO3P/c8-12(10)11-7(9)6-4-2-1-3-5-6/h1-5,10H,8H2. The van der Waals surface area contributed by atoms with Gasteiger partial charge in [0.25, 0.3) is 0 Å². The van der Waals surface area contributed by atoms with Gasteiger partial charge in [-0.15, -0.1) is 0 Å². The monoisotopic (exact) mass is 185 g/mol. The van der Waals surface area contributed by atoms with Crippen LogP contribution in [0.2, 0.25) is 0 Å². The lowest BCUT2D eigenvalue weighted by molar-refractivity contribution is 0.0739. The van der Waals surface area contributed by atoms with Gasteiger partial charge in [0.05, 0.1) is 5.56 Å². The van der Waals surface area contributed by atoms with Crippen molar-refractivity contribution < 1.29 is 14.2 Å². The molecule has 0 bridgehead atoms. The van der Waals surface area contributed by atoms with Crippen molar-refractivity contribution in [1.82, 2.24) is 0 Å². The van der Waals surface area contributed by atoms with E-state index in [1.807, 2.05) is 0 Å². The highest BCUT2D eigenvalue weighted by Gasteiger charge is 2.09. The van der Waals surface area contributed by atoms with Crippen LogP contribution in [0, 0.1) is 0 Å². The maximum atomic E-state index is 11.0. The van der Waals surface area contributed by atoms with Crippen LogP contribution in [0.4, 0.5) is 0 Å². The number of hydrogen-bond acceptors (Lipinski definition) is 4. The molecule has 0 saturated heterocycles. The van der Waals surface area contributed by atoms with Gasteiger partial charge in [0.1, 0.15) is 0 Å². The molecule has 0 aromatic heterocycles. The van der Waals surface area contributed by atoms with Crippen LogP contribution in [0.1, 0.15) is 10.4 Å². The van der Waals surface area contributed by atoms with Crippen molar-refractivity contribution in [3.05, 3.63) is 35.9 Å². The van der Waals surface area contributed by atoms with E-state index in [2.05, 4.69) is 4.52 Å². The van der Waals surface area contributed by atoms with Crippen LogP contribution in [-0.2, 0) is 4.52 Å². The molecule has 0 spiro atoms. The topological polar surface area (TPSA) is 72.6 Å². The second kappa shape index (κ2) is 4.16. The lowest BCUT2D eigenvalue weighted by Gasteiger charge is -2.03. The van der Waals surface area contributed by atoms with Gasteiger partial charge in [0, 0.05) is 0 Å². The van der Waals surface area contributed by atoms with E-state index in [1.165, 1.54) is 0 Å². The van der Waals surface area contributed by atoms with Gasteiger partial charge in [0.15, 0.2) is 0 Å². The van der Waals surface area contributed by atoms with Crippen molar-refractivity contribution in [2.75, 3.05) is 0 Å². The highest BCUT2D eigenvalue weighted by molar-refractivity contribution is 7.44. The fourth-order valence-corrected chi connectivity index (χ4v) is 0.987. The van der Waals surface area contributed by atoms with Gasteiger partial charge in [-0.3, -0.25) is 5.50 Å². The van der Waals surface area contributed by atoms with E-state index in [4.69, 9.17) is 10.4 Å². The normalized spacial score (nSPS) is 12.2. The lowest BCUT2D eigenvalue weighted by Crippen LogP contribution is -2.03. The first kappa shape index (κ1) is 9.13. The summed E-state index contributed by atoms with van der Waals surface area (Å²) in [4.78, 5) is 19.6. The fraction of sp³-hybridized carbons (Fsp3) is 0. The molecule has 3 N–H and O–H groups in total. The van der Waals surface area contributed by atoms with E-state index in [0.29, 0.717) is 5.56 Å². The van der Waals surface area contributed by atoms with E-state index in [9.17, 15) is 4.79 Å². The van der Waals surface area contributed by atoms with Gasteiger partial charge in [0.2, 0.25) is 0 Å². The largest absolute Gasteiger partial charge is 0.400 e. The zero-order valence-electron chi connectivity index (χ0n) is 6.18. The molecule has 0 saturated carbocycles. The molecule has 1 rings (SSSR count). The van der Waals surface area contributed by atoms with E-state index in [-0.39, 0.29) is 0 Å². The lowest BCUT2D eigenvalue weighted by atomic mass is 10.2. The molecule has 4 nitrogen and oxygen atoms in total. The van der Waals surface area contributed by atoms with Crippen LogP contribution < -0.4 is 5.50 Å². The molecule has 0 heterocycles. The minimum atomic E-state index is -2.11. The number of rotatable bonds is 2. The van der Waals surface area contributed by atoms with Gasteiger partial charge >= 0.3 is 14.5 Å². The van der Waals surface area contributed by atoms with Crippen LogP contribution in [0.5, 0.6) is 0 Å². The van der Waals surface area contributed by atoms with Crippen molar-refractivity contribution in [3.8, 4) is 0 Å². The summed E-state index contributed by atoms with van der Waals surface area (Å²) in [6, 6.07) is 8.35. The Bertz CT molecular complexity index is 263. The third kappa shape index (κ3) is 2.58. The Morgan fingerprint density at radius 3 is 2.50 bits per heavy atom. The molecule has 1 atom stereocenters. The van der Waals surface area contributed by atoms with Crippen LogP contribution in [0.25, 0.3) is 0 Å². The summed E-state index contributed by atoms with van der Waals surface area (Å²) < 4.78 is 4.40. The van der Waals surface area contributed by atoms with Gasteiger partial charge in [-0.05, 0) is 12.1 Å². The summed E-state index contributed by atoms with van der Waals surface area (Å²) in [5.41, 5.74) is 5.29. The Hall–Kier alpha value is -0.960. The molecule has 0 amide bonds. The Labute approximate surface area is 70.9 Å². The number of carbonyl (C=O) groups is 1. The summed E-state index contributed by atoms with van der Waals surface area (Å²) >= 11 is 0. The van der Waals surface area contributed by atoms with Crippen LogP contribution in [-0.4, -0.2) is 10.9 Å². The quantitative estimate of drug-likeness (QED) is 0.674. The van der Waals surface area contributed by atoms with Gasteiger partial charge in [-0.2, -0.15) is 0 Å². The summed E-state index contributed by atoms with van der Waals surface area (Å²) in [5, 5.41) is 0. The first-order valence-corrected chi connectivity index (χ1v) is 4.49. The summed E-state index contributed by atoms with van der Waals surface area (Å²) in [5.74, 6) is -0.605. The zero-order chi connectivity index (χ0) is 8.97. The summed E-state index contributed by atoms with van der Waals surface area (Å²) in [6.45, 7) is 0. The maximum absolute atomic E-state index is 11.0. The first-order valence-electron chi connectivity index (χ1n) is 3.21. The third-order valence-electron chi connectivity index (χ3n) is 1.19. The van der Waals surface area contributed by atoms with E-state index in [1.54, 1.807) is 30.3 Å². The zero-order valence-corrected chi connectivity index (χ0v) is 7.07. The van der Waals surface area contributed by atoms with E-state index >= 15 is 0 Å².